The molecule has 0 N–H and O–H groups in total. The van der Waals surface area contributed by atoms with Crippen LogP contribution >= 0.6 is 0 Å². The molecular weight excluding hydrogens is 394 g/mol. The number of aryl methyl sites for hydroxylation is 2. The fraction of sp³-hybridized carbons (Fsp3) is 0.304. The maximum Gasteiger partial charge on any atom is 0.257 e. The zero-order valence-electron chi connectivity index (χ0n) is 17.3. The predicted octanol–water partition coefficient (Wildman–Crippen LogP) is 3.16. The largest absolute Gasteiger partial charge is 0.365 e. The van der Waals surface area contributed by atoms with Crippen LogP contribution in [0.15, 0.2) is 59.5 Å². The molecule has 0 radical (unpaired) electrons. The second kappa shape index (κ2) is 8.31. The van der Waals surface area contributed by atoms with Crippen molar-refractivity contribution < 1.29 is 14.1 Å². The Labute approximate surface area is 179 Å². The van der Waals surface area contributed by atoms with E-state index in [2.05, 4.69) is 38.0 Å². The maximum absolute atomic E-state index is 12.9. The lowest BCUT2D eigenvalue weighted by atomic mass is 10.1. The summed E-state index contributed by atoms with van der Waals surface area (Å²) in [7, 11) is 2.03. The molecule has 5 rings (SSSR count). The number of benzene rings is 1. The monoisotopic (exact) mass is 417 g/mol. The molecule has 8 nitrogen and oxygen atoms in total. The number of nitrogens with zero attached hydrogens (tertiary/aromatic N) is 5. The van der Waals surface area contributed by atoms with Gasteiger partial charge >= 0.3 is 0 Å². The highest BCUT2D eigenvalue weighted by molar-refractivity contribution is 5.85. The van der Waals surface area contributed by atoms with Crippen LogP contribution in [-0.4, -0.2) is 50.2 Å². The number of rotatable bonds is 5. The maximum atomic E-state index is 12.9. The number of morpholine rings is 1. The van der Waals surface area contributed by atoms with Crippen molar-refractivity contribution in [2.24, 2.45) is 7.05 Å². The number of pyridine rings is 1. The first-order chi connectivity index (χ1) is 15.2. The molecule has 4 aromatic rings. The molecule has 158 valence electrons. The summed E-state index contributed by atoms with van der Waals surface area (Å²) >= 11 is 0. The van der Waals surface area contributed by atoms with Gasteiger partial charge in [-0.25, -0.2) is 0 Å². The van der Waals surface area contributed by atoms with E-state index in [0.29, 0.717) is 44.3 Å². The van der Waals surface area contributed by atoms with Crippen LogP contribution in [0.5, 0.6) is 0 Å². The van der Waals surface area contributed by atoms with Crippen LogP contribution in [0, 0.1) is 0 Å². The summed E-state index contributed by atoms with van der Waals surface area (Å²) in [6.07, 6.45) is 6.21. The third-order valence-corrected chi connectivity index (χ3v) is 5.66. The molecule has 3 aromatic heterocycles. The molecule has 1 fully saturated rings. The Hall–Kier alpha value is -3.52. The zero-order chi connectivity index (χ0) is 21.2. The number of ether oxygens (including phenoxy) is 1. The third-order valence-electron chi connectivity index (χ3n) is 5.66. The highest BCUT2D eigenvalue weighted by Gasteiger charge is 2.29. The van der Waals surface area contributed by atoms with E-state index in [0.717, 1.165) is 5.56 Å². The molecular formula is C23H23N5O3. The summed E-state index contributed by atoms with van der Waals surface area (Å²) in [5, 5.41) is 5.24. The topological polar surface area (TPSA) is 86.3 Å². The Kier molecular flexibility index (Phi) is 5.21. The first-order valence-corrected chi connectivity index (χ1v) is 10.4. The number of carbonyl (C=O) groups excluding carboxylic acids is 1. The van der Waals surface area contributed by atoms with Crippen molar-refractivity contribution in [3.05, 3.63) is 66.4 Å². The summed E-state index contributed by atoms with van der Waals surface area (Å²) < 4.78 is 13.3. The Morgan fingerprint density at radius 2 is 2.03 bits per heavy atom. The van der Waals surface area contributed by atoms with Gasteiger partial charge in [0.1, 0.15) is 0 Å². The lowest BCUT2D eigenvalue weighted by molar-refractivity contribution is -0.140. The number of hydrogen-bond donors (Lipinski definition) is 0. The first-order valence-electron chi connectivity index (χ1n) is 10.4. The number of carbonyl (C=O) groups is 1. The highest BCUT2D eigenvalue weighted by Crippen LogP contribution is 2.25. The van der Waals surface area contributed by atoms with E-state index in [9.17, 15) is 4.79 Å². The van der Waals surface area contributed by atoms with Crippen LogP contribution < -0.4 is 0 Å². The SMILES string of the molecule is Cn1cc(CCC(=O)N2CCO[C@@H](c3nc(-c4ccncc4)no3)C2)c2ccccc21. The lowest BCUT2D eigenvalue weighted by Crippen LogP contribution is -2.42. The zero-order valence-corrected chi connectivity index (χ0v) is 17.3. The predicted molar refractivity (Wildman–Crippen MR) is 114 cm³/mol. The molecule has 0 spiro atoms. The molecule has 0 bridgehead atoms. The van der Waals surface area contributed by atoms with Gasteiger partial charge in [-0.15, -0.1) is 0 Å². The highest BCUT2D eigenvalue weighted by atomic mass is 16.5. The summed E-state index contributed by atoms with van der Waals surface area (Å²) in [6, 6.07) is 11.9. The van der Waals surface area contributed by atoms with E-state index in [-0.39, 0.29) is 5.91 Å². The minimum absolute atomic E-state index is 0.107. The Balaban J connectivity index is 1.24. The Morgan fingerprint density at radius 1 is 1.19 bits per heavy atom. The number of amides is 1. The second-order valence-corrected chi connectivity index (χ2v) is 7.67. The van der Waals surface area contributed by atoms with E-state index in [1.54, 1.807) is 12.4 Å². The number of hydrogen-bond acceptors (Lipinski definition) is 6. The second-order valence-electron chi connectivity index (χ2n) is 7.67. The van der Waals surface area contributed by atoms with Crippen LogP contribution in [0.4, 0.5) is 0 Å². The summed E-state index contributed by atoms with van der Waals surface area (Å²) in [6.45, 7) is 1.42. The van der Waals surface area contributed by atoms with Crippen molar-refractivity contribution in [1.82, 2.24) is 24.6 Å². The molecule has 1 saturated heterocycles. The summed E-state index contributed by atoms with van der Waals surface area (Å²) in [5.41, 5.74) is 3.19. The molecule has 1 aliphatic rings. The summed E-state index contributed by atoms with van der Waals surface area (Å²) in [4.78, 5) is 23.2. The minimum Gasteiger partial charge on any atom is -0.365 e. The standard InChI is InChI=1S/C23H23N5O3/c1-27-14-17(18-4-2-3-5-19(18)27)6-7-21(29)28-12-13-30-20(15-28)23-25-22(26-31-23)16-8-10-24-11-9-16/h2-5,8-11,14,20H,6-7,12-13,15H2,1H3/t20-/m1/s1. The van der Waals surface area contributed by atoms with Crippen molar-refractivity contribution in [3.63, 3.8) is 0 Å². The Morgan fingerprint density at radius 3 is 2.90 bits per heavy atom. The van der Waals surface area contributed by atoms with E-state index in [1.807, 2.05) is 36.2 Å². The number of fused-ring (bicyclic) bond motifs is 1. The average molecular weight is 417 g/mol. The van der Waals surface area contributed by atoms with Crippen LogP contribution in [0.25, 0.3) is 22.3 Å². The smallest absolute Gasteiger partial charge is 0.257 e. The van der Waals surface area contributed by atoms with Crippen molar-refractivity contribution in [2.75, 3.05) is 19.7 Å². The van der Waals surface area contributed by atoms with Gasteiger partial charge in [0.2, 0.25) is 11.7 Å². The molecule has 4 heterocycles. The molecule has 0 aliphatic carbocycles. The van der Waals surface area contributed by atoms with E-state index in [1.165, 1.54) is 16.5 Å². The third kappa shape index (κ3) is 3.94. The number of para-hydroxylation sites is 1. The van der Waals surface area contributed by atoms with Crippen LogP contribution in [-0.2, 0) is 23.0 Å². The molecule has 8 heteroatoms. The van der Waals surface area contributed by atoms with Gasteiger partial charge in [0.25, 0.3) is 5.89 Å². The minimum atomic E-state index is -0.418. The van der Waals surface area contributed by atoms with Gasteiger partial charge in [-0.2, -0.15) is 4.98 Å². The molecule has 1 aromatic carbocycles. The molecule has 0 saturated carbocycles. The van der Waals surface area contributed by atoms with Crippen molar-refractivity contribution in [1.29, 1.82) is 0 Å². The van der Waals surface area contributed by atoms with Gasteiger partial charge in [0, 0.05) is 55.1 Å². The van der Waals surface area contributed by atoms with Crippen LogP contribution in [0.2, 0.25) is 0 Å². The fourth-order valence-corrected chi connectivity index (χ4v) is 4.03. The van der Waals surface area contributed by atoms with E-state index >= 15 is 0 Å². The summed E-state index contributed by atoms with van der Waals surface area (Å²) in [5.74, 6) is 0.980. The van der Waals surface area contributed by atoms with Gasteiger partial charge in [-0.1, -0.05) is 23.4 Å². The molecule has 1 atom stereocenters. The van der Waals surface area contributed by atoms with Crippen molar-refractivity contribution in [2.45, 2.75) is 18.9 Å². The van der Waals surface area contributed by atoms with Crippen molar-refractivity contribution in [3.8, 4) is 11.4 Å². The molecule has 1 amide bonds. The molecule has 31 heavy (non-hydrogen) atoms. The van der Waals surface area contributed by atoms with Crippen molar-refractivity contribution >= 4 is 16.8 Å². The van der Waals surface area contributed by atoms with E-state index in [4.69, 9.17) is 9.26 Å². The van der Waals surface area contributed by atoms with Gasteiger partial charge in [0.05, 0.1) is 13.2 Å². The number of aromatic nitrogens is 4. The van der Waals surface area contributed by atoms with Crippen LogP contribution in [0.3, 0.4) is 0 Å². The normalized spacial score (nSPS) is 16.7. The lowest BCUT2D eigenvalue weighted by Gasteiger charge is -2.31. The van der Waals surface area contributed by atoms with Gasteiger partial charge in [0.15, 0.2) is 6.10 Å². The fourth-order valence-electron chi connectivity index (χ4n) is 4.03. The van der Waals surface area contributed by atoms with Crippen LogP contribution in [0.1, 0.15) is 24.0 Å². The Bertz CT molecular complexity index is 1200. The van der Waals surface area contributed by atoms with Gasteiger partial charge in [-0.05, 0) is 30.2 Å². The van der Waals surface area contributed by atoms with Gasteiger partial charge in [-0.3, -0.25) is 9.78 Å². The average Bonchev–Trinajstić information content (AvgIpc) is 3.44. The first kappa shape index (κ1) is 19.4. The quantitative estimate of drug-likeness (QED) is 0.496. The molecule has 0 unspecified atom stereocenters. The van der Waals surface area contributed by atoms with E-state index < -0.39 is 6.10 Å². The van der Waals surface area contributed by atoms with Gasteiger partial charge < -0.3 is 18.7 Å². The molecule has 1 aliphatic heterocycles.